The molecule has 3 rings (SSSR count). The number of benzene rings is 1. The first-order valence-corrected chi connectivity index (χ1v) is 6.73. The van der Waals surface area contributed by atoms with Gasteiger partial charge in [-0.1, -0.05) is 36.4 Å². The van der Waals surface area contributed by atoms with Crippen molar-refractivity contribution in [2.24, 2.45) is 0 Å². The van der Waals surface area contributed by atoms with Crippen molar-refractivity contribution in [2.75, 3.05) is 7.05 Å². The molecule has 0 amide bonds. The van der Waals surface area contributed by atoms with Gasteiger partial charge in [-0.3, -0.25) is 9.69 Å². The van der Waals surface area contributed by atoms with E-state index < -0.39 is 11.8 Å². The standard InChI is InChI=1S/C17H15NO3/c1-18-10-13-5-3-2-4-11(13)8-14-9-12(6-7-15(14)18)16(19)17(20)21/h2-9,15H,10H2,1H3,(H,20,21). The first kappa shape index (κ1) is 13.5. The molecule has 0 fully saturated rings. The number of hydrogen-bond donors (Lipinski definition) is 1. The number of fused-ring (bicyclic) bond motifs is 2. The number of nitrogens with zero attached hydrogens (tertiary/aromatic N) is 1. The molecule has 0 radical (unpaired) electrons. The van der Waals surface area contributed by atoms with Crippen LogP contribution in [0.25, 0.3) is 6.08 Å². The lowest BCUT2D eigenvalue weighted by Crippen LogP contribution is -2.31. The zero-order valence-electron chi connectivity index (χ0n) is 11.6. The van der Waals surface area contributed by atoms with Crippen LogP contribution in [0.5, 0.6) is 0 Å². The number of aliphatic carboxylic acids is 1. The Labute approximate surface area is 122 Å². The zero-order chi connectivity index (χ0) is 15.0. The van der Waals surface area contributed by atoms with Crippen molar-refractivity contribution >= 4 is 17.8 Å². The van der Waals surface area contributed by atoms with E-state index in [2.05, 4.69) is 11.0 Å². The second-order valence-electron chi connectivity index (χ2n) is 5.30. The molecule has 1 aromatic rings. The summed E-state index contributed by atoms with van der Waals surface area (Å²) in [6.45, 7) is 0.807. The molecule has 1 aliphatic carbocycles. The van der Waals surface area contributed by atoms with E-state index in [9.17, 15) is 9.59 Å². The molecule has 0 bridgehead atoms. The van der Waals surface area contributed by atoms with E-state index in [0.717, 1.165) is 17.7 Å². The Kier molecular flexibility index (Phi) is 3.31. The highest BCUT2D eigenvalue weighted by Gasteiger charge is 2.26. The average Bonchev–Trinajstić information content (AvgIpc) is 2.61. The Balaban J connectivity index is 2.06. The smallest absolute Gasteiger partial charge is 0.377 e. The van der Waals surface area contributed by atoms with Gasteiger partial charge in [0, 0.05) is 12.1 Å². The van der Waals surface area contributed by atoms with Crippen LogP contribution in [-0.4, -0.2) is 34.8 Å². The lowest BCUT2D eigenvalue weighted by atomic mass is 9.93. The van der Waals surface area contributed by atoms with Crippen molar-refractivity contribution in [3.05, 3.63) is 64.8 Å². The van der Waals surface area contributed by atoms with Crippen LogP contribution in [0.2, 0.25) is 0 Å². The molecular formula is C17H15NO3. The summed E-state index contributed by atoms with van der Waals surface area (Å²) in [5.41, 5.74) is 3.48. The molecule has 1 heterocycles. The molecule has 21 heavy (non-hydrogen) atoms. The van der Waals surface area contributed by atoms with Gasteiger partial charge in [-0.15, -0.1) is 0 Å². The number of carboxylic acid groups (broad SMARTS) is 1. The number of carbonyl (C=O) groups excluding carboxylic acids is 1. The van der Waals surface area contributed by atoms with Crippen LogP contribution in [0.3, 0.4) is 0 Å². The summed E-state index contributed by atoms with van der Waals surface area (Å²) in [6, 6.07) is 8.15. The fourth-order valence-corrected chi connectivity index (χ4v) is 2.78. The van der Waals surface area contributed by atoms with Crippen LogP contribution in [0.4, 0.5) is 0 Å². The number of rotatable bonds is 2. The largest absolute Gasteiger partial charge is 0.475 e. The van der Waals surface area contributed by atoms with E-state index in [1.807, 2.05) is 37.4 Å². The van der Waals surface area contributed by atoms with Crippen LogP contribution in [0.15, 0.2) is 53.6 Å². The Morgan fingerprint density at radius 2 is 2.00 bits per heavy atom. The van der Waals surface area contributed by atoms with Gasteiger partial charge in [-0.05, 0) is 35.9 Å². The number of allylic oxidation sites excluding steroid dienone is 1. The molecule has 0 saturated carbocycles. The minimum Gasteiger partial charge on any atom is -0.475 e. The Morgan fingerprint density at radius 1 is 1.24 bits per heavy atom. The maximum atomic E-state index is 11.6. The third-order valence-corrected chi connectivity index (χ3v) is 3.85. The zero-order valence-corrected chi connectivity index (χ0v) is 11.6. The maximum Gasteiger partial charge on any atom is 0.377 e. The minimum absolute atomic E-state index is 0.0581. The highest BCUT2D eigenvalue weighted by Crippen LogP contribution is 2.29. The maximum absolute atomic E-state index is 11.6. The van der Waals surface area contributed by atoms with Gasteiger partial charge >= 0.3 is 5.97 Å². The topological polar surface area (TPSA) is 57.6 Å². The van der Waals surface area contributed by atoms with Crippen molar-refractivity contribution in [1.29, 1.82) is 0 Å². The van der Waals surface area contributed by atoms with Crippen LogP contribution >= 0.6 is 0 Å². The minimum atomic E-state index is -1.42. The van der Waals surface area contributed by atoms with Gasteiger partial charge in [0.05, 0.1) is 6.04 Å². The summed E-state index contributed by atoms with van der Waals surface area (Å²) in [4.78, 5) is 24.6. The van der Waals surface area contributed by atoms with Crippen LogP contribution in [0.1, 0.15) is 11.1 Å². The molecule has 0 saturated heterocycles. The van der Waals surface area contributed by atoms with E-state index in [-0.39, 0.29) is 11.6 Å². The second-order valence-corrected chi connectivity index (χ2v) is 5.30. The average molecular weight is 281 g/mol. The predicted molar refractivity (Wildman–Crippen MR) is 79.5 cm³/mol. The van der Waals surface area contributed by atoms with Gasteiger partial charge < -0.3 is 5.11 Å². The molecule has 1 unspecified atom stereocenters. The monoisotopic (exact) mass is 281 g/mol. The first-order chi connectivity index (χ1) is 10.1. The predicted octanol–water partition coefficient (Wildman–Crippen LogP) is 2.03. The molecule has 1 atom stereocenters. The van der Waals surface area contributed by atoms with Crippen LogP contribution in [0, 0.1) is 0 Å². The van der Waals surface area contributed by atoms with E-state index >= 15 is 0 Å². The Bertz CT molecular complexity index is 713. The normalized spacial score (nSPS) is 20.7. The molecule has 4 heteroatoms. The molecule has 106 valence electrons. The Hall–Kier alpha value is -2.46. The quantitative estimate of drug-likeness (QED) is 0.843. The van der Waals surface area contributed by atoms with Crippen molar-refractivity contribution in [3.63, 3.8) is 0 Å². The van der Waals surface area contributed by atoms with Crippen molar-refractivity contribution in [2.45, 2.75) is 12.6 Å². The molecule has 2 aliphatic rings. The number of Topliss-reactive ketones (excluding diaryl/α,β-unsaturated/α-hetero) is 1. The lowest BCUT2D eigenvalue weighted by molar-refractivity contribution is -0.147. The van der Waals surface area contributed by atoms with E-state index in [1.54, 1.807) is 12.2 Å². The first-order valence-electron chi connectivity index (χ1n) is 6.73. The fourth-order valence-electron chi connectivity index (χ4n) is 2.78. The van der Waals surface area contributed by atoms with Gasteiger partial charge in [0.2, 0.25) is 0 Å². The van der Waals surface area contributed by atoms with Gasteiger partial charge in [0.1, 0.15) is 0 Å². The SMILES string of the molecule is CN1Cc2ccccc2C=C2C=C(C(=O)C(=O)O)C=CC21. The number of carboxylic acids is 1. The molecule has 1 aliphatic heterocycles. The van der Waals surface area contributed by atoms with E-state index in [4.69, 9.17) is 5.11 Å². The Morgan fingerprint density at radius 3 is 2.76 bits per heavy atom. The third-order valence-electron chi connectivity index (χ3n) is 3.85. The molecule has 1 N–H and O–H groups in total. The van der Waals surface area contributed by atoms with Gasteiger partial charge in [0.15, 0.2) is 0 Å². The summed E-state index contributed by atoms with van der Waals surface area (Å²) in [6.07, 6.45) is 7.20. The third kappa shape index (κ3) is 2.45. The molecule has 0 spiro atoms. The molecule has 1 aromatic carbocycles. The van der Waals surface area contributed by atoms with Gasteiger partial charge in [-0.25, -0.2) is 4.79 Å². The van der Waals surface area contributed by atoms with Crippen molar-refractivity contribution in [1.82, 2.24) is 4.90 Å². The van der Waals surface area contributed by atoms with E-state index in [1.165, 1.54) is 5.56 Å². The summed E-state index contributed by atoms with van der Waals surface area (Å²) < 4.78 is 0. The lowest BCUT2D eigenvalue weighted by Gasteiger charge is -2.27. The highest BCUT2D eigenvalue weighted by atomic mass is 16.4. The molecular weight excluding hydrogens is 266 g/mol. The highest BCUT2D eigenvalue weighted by molar-refractivity contribution is 6.40. The summed E-state index contributed by atoms with van der Waals surface area (Å²) in [5.74, 6) is -2.29. The molecule has 0 aromatic heterocycles. The number of hydrogen-bond acceptors (Lipinski definition) is 3. The van der Waals surface area contributed by atoms with Crippen LogP contribution in [-0.2, 0) is 16.1 Å². The summed E-state index contributed by atoms with van der Waals surface area (Å²) >= 11 is 0. The van der Waals surface area contributed by atoms with Gasteiger partial charge in [0.25, 0.3) is 5.78 Å². The number of likely N-dealkylation sites (N-methyl/N-ethyl adjacent to an activating group) is 1. The van der Waals surface area contributed by atoms with Crippen molar-refractivity contribution < 1.29 is 14.7 Å². The second kappa shape index (κ2) is 5.14. The van der Waals surface area contributed by atoms with Gasteiger partial charge in [-0.2, -0.15) is 0 Å². The summed E-state index contributed by atoms with van der Waals surface area (Å²) in [7, 11) is 2.02. The van der Waals surface area contributed by atoms with Crippen LogP contribution < -0.4 is 0 Å². The fraction of sp³-hybridized carbons (Fsp3) is 0.176. The number of ketones is 1. The number of carbonyl (C=O) groups is 2. The summed E-state index contributed by atoms with van der Waals surface area (Å²) in [5, 5.41) is 8.84. The molecule has 4 nitrogen and oxygen atoms in total. The van der Waals surface area contributed by atoms with Crippen molar-refractivity contribution in [3.8, 4) is 0 Å². The van der Waals surface area contributed by atoms with E-state index in [0.29, 0.717) is 0 Å².